The maximum absolute atomic E-state index is 12.1. The van der Waals surface area contributed by atoms with Gasteiger partial charge in [-0.2, -0.15) is 5.10 Å². The van der Waals surface area contributed by atoms with E-state index in [-0.39, 0.29) is 6.09 Å². The summed E-state index contributed by atoms with van der Waals surface area (Å²) in [6, 6.07) is 7.47. The molecule has 1 amide bonds. The zero-order valence-corrected chi connectivity index (χ0v) is 16.1. The maximum Gasteiger partial charge on any atom is 0.410 e. The molecule has 0 radical (unpaired) electrons. The van der Waals surface area contributed by atoms with Gasteiger partial charge < -0.3 is 9.64 Å². The summed E-state index contributed by atoms with van der Waals surface area (Å²) < 4.78 is 5.42. The van der Waals surface area contributed by atoms with Crippen LogP contribution in [0.3, 0.4) is 0 Å². The molecular weight excluding hydrogens is 354 g/mol. The minimum Gasteiger partial charge on any atom is -0.444 e. The molecule has 26 heavy (non-hydrogen) atoms. The van der Waals surface area contributed by atoms with E-state index in [1.54, 1.807) is 4.90 Å². The molecule has 0 spiro atoms. The first-order valence-electron chi connectivity index (χ1n) is 8.68. The lowest BCUT2D eigenvalue weighted by Crippen LogP contribution is -2.49. The molecule has 0 atom stereocenters. The first-order chi connectivity index (χ1) is 12.3. The average molecular weight is 378 g/mol. The van der Waals surface area contributed by atoms with Crippen LogP contribution in [0.15, 0.2) is 24.3 Å². The van der Waals surface area contributed by atoms with Crippen LogP contribution >= 0.6 is 11.6 Å². The summed E-state index contributed by atoms with van der Waals surface area (Å²) in [5.41, 5.74) is 0.417. The molecule has 7 nitrogen and oxygen atoms in total. The molecule has 0 bridgehead atoms. The van der Waals surface area contributed by atoms with E-state index in [1.165, 1.54) is 0 Å². The number of rotatable bonds is 3. The molecule has 1 aromatic carbocycles. The van der Waals surface area contributed by atoms with Crippen molar-refractivity contribution in [1.82, 2.24) is 25.0 Å². The summed E-state index contributed by atoms with van der Waals surface area (Å²) >= 11 is 6.02. The van der Waals surface area contributed by atoms with Gasteiger partial charge in [0, 0.05) is 36.8 Å². The fourth-order valence-electron chi connectivity index (χ4n) is 2.75. The van der Waals surface area contributed by atoms with Crippen molar-refractivity contribution in [2.75, 3.05) is 26.2 Å². The number of halogens is 1. The smallest absolute Gasteiger partial charge is 0.410 e. The molecule has 3 rings (SSSR count). The minimum absolute atomic E-state index is 0.250. The lowest BCUT2D eigenvalue weighted by Gasteiger charge is -2.35. The van der Waals surface area contributed by atoms with Crippen LogP contribution in [0.2, 0.25) is 5.02 Å². The van der Waals surface area contributed by atoms with Gasteiger partial charge in [0.15, 0.2) is 5.82 Å². The first-order valence-corrected chi connectivity index (χ1v) is 9.05. The lowest BCUT2D eigenvalue weighted by molar-refractivity contribution is 0.0137. The highest BCUT2D eigenvalue weighted by atomic mass is 35.5. The lowest BCUT2D eigenvalue weighted by atomic mass is 10.2. The Morgan fingerprint density at radius 2 is 2.00 bits per heavy atom. The Morgan fingerprint density at radius 3 is 2.65 bits per heavy atom. The number of hydrogen-bond acceptors (Lipinski definition) is 5. The van der Waals surface area contributed by atoms with Crippen molar-refractivity contribution < 1.29 is 9.53 Å². The average Bonchev–Trinajstić information content (AvgIpc) is 3.02. The Kier molecular flexibility index (Phi) is 5.48. The molecule has 0 unspecified atom stereocenters. The van der Waals surface area contributed by atoms with E-state index in [2.05, 4.69) is 20.1 Å². The Balaban J connectivity index is 1.53. The number of carbonyl (C=O) groups excluding carboxylic acids is 1. The molecule has 1 N–H and O–H groups in total. The molecule has 0 aliphatic carbocycles. The molecule has 2 heterocycles. The molecule has 1 saturated heterocycles. The van der Waals surface area contributed by atoms with Gasteiger partial charge in [-0.05, 0) is 32.9 Å². The molecule has 8 heteroatoms. The Morgan fingerprint density at radius 1 is 1.27 bits per heavy atom. The van der Waals surface area contributed by atoms with Crippen molar-refractivity contribution in [1.29, 1.82) is 0 Å². The van der Waals surface area contributed by atoms with Gasteiger partial charge in [-0.15, -0.1) is 0 Å². The number of hydrogen-bond donors (Lipinski definition) is 1. The second kappa shape index (κ2) is 7.63. The van der Waals surface area contributed by atoms with Crippen LogP contribution in [-0.4, -0.2) is 62.9 Å². The third-order valence-electron chi connectivity index (χ3n) is 4.01. The van der Waals surface area contributed by atoms with E-state index in [0.29, 0.717) is 30.5 Å². The Bertz CT molecular complexity index is 763. The number of ether oxygens (including phenoxy) is 1. The molecule has 1 fully saturated rings. The zero-order valence-electron chi connectivity index (χ0n) is 15.3. The SMILES string of the molecule is CC(C)(C)OC(=O)N1CCN(Cc2nc(-c3cccc(Cl)c3)n[nH]2)CC1. The number of nitrogens with one attached hydrogen (secondary N) is 1. The van der Waals surface area contributed by atoms with E-state index >= 15 is 0 Å². The summed E-state index contributed by atoms with van der Waals surface area (Å²) in [6.45, 7) is 9.12. The summed E-state index contributed by atoms with van der Waals surface area (Å²) in [7, 11) is 0. The van der Waals surface area contributed by atoms with Gasteiger partial charge in [0.05, 0.1) is 6.54 Å². The maximum atomic E-state index is 12.1. The van der Waals surface area contributed by atoms with Crippen LogP contribution in [0.25, 0.3) is 11.4 Å². The van der Waals surface area contributed by atoms with Crippen LogP contribution in [0.5, 0.6) is 0 Å². The second-order valence-electron chi connectivity index (χ2n) is 7.36. The van der Waals surface area contributed by atoms with Crippen molar-refractivity contribution in [2.45, 2.75) is 32.9 Å². The van der Waals surface area contributed by atoms with Crippen LogP contribution in [0.1, 0.15) is 26.6 Å². The summed E-state index contributed by atoms with van der Waals surface area (Å²) in [6.07, 6.45) is -0.250. The van der Waals surface area contributed by atoms with Crippen molar-refractivity contribution in [3.05, 3.63) is 35.1 Å². The van der Waals surface area contributed by atoms with E-state index in [1.807, 2.05) is 45.0 Å². The van der Waals surface area contributed by atoms with Crippen molar-refractivity contribution in [2.24, 2.45) is 0 Å². The van der Waals surface area contributed by atoms with Gasteiger partial charge in [0.2, 0.25) is 0 Å². The monoisotopic (exact) mass is 377 g/mol. The van der Waals surface area contributed by atoms with Crippen molar-refractivity contribution >= 4 is 17.7 Å². The molecule has 1 aliphatic rings. The van der Waals surface area contributed by atoms with E-state index < -0.39 is 5.60 Å². The summed E-state index contributed by atoms with van der Waals surface area (Å²) in [5.74, 6) is 1.43. The van der Waals surface area contributed by atoms with Crippen LogP contribution in [0, 0.1) is 0 Å². The molecule has 2 aromatic rings. The molecule has 1 aliphatic heterocycles. The number of nitrogens with zero attached hydrogens (tertiary/aromatic N) is 4. The molecule has 140 valence electrons. The largest absolute Gasteiger partial charge is 0.444 e. The summed E-state index contributed by atoms with van der Waals surface area (Å²) in [5, 5.41) is 7.91. The Labute approximate surface area is 158 Å². The quantitative estimate of drug-likeness (QED) is 0.889. The van der Waals surface area contributed by atoms with E-state index in [4.69, 9.17) is 16.3 Å². The highest BCUT2D eigenvalue weighted by Gasteiger charge is 2.26. The Hall–Kier alpha value is -2.12. The molecule has 0 saturated carbocycles. The zero-order chi connectivity index (χ0) is 18.7. The number of amides is 1. The van der Waals surface area contributed by atoms with Gasteiger partial charge in [0.1, 0.15) is 11.4 Å². The van der Waals surface area contributed by atoms with Gasteiger partial charge >= 0.3 is 6.09 Å². The normalized spacial score (nSPS) is 15.9. The number of piperazine rings is 1. The van der Waals surface area contributed by atoms with Crippen LogP contribution < -0.4 is 0 Å². The molecular formula is C18H24ClN5O2. The standard InChI is InChI=1S/C18H24ClN5O2/c1-18(2,3)26-17(25)24-9-7-23(8-10-24)12-15-20-16(22-21-15)13-5-4-6-14(19)11-13/h4-6,11H,7-10,12H2,1-3H3,(H,20,21,22). The van der Waals surface area contributed by atoms with E-state index in [0.717, 1.165) is 24.5 Å². The first kappa shape index (κ1) is 18.7. The topological polar surface area (TPSA) is 74.3 Å². The predicted octanol–water partition coefficient (Wildman–Crippen LogP) is 3.18. The van der Waals surface area contributed by atoms with E-state index in [9.17, 15) is 4.79 Å². The predicted molar refractivity (Wildman–Crippen MR) is 99.9 cm³/mol. The van der Waals surface area contributed by atoms with Gasteiger partial charge in [-0.25, -0.2) is 9.78 Å². The van der Waals surface area contributed by atoms with Crippen molar-refractivity contribution in [3.8, 4) is 11.4 Å². The number of H-pyrrole nitrogens is 1. The highest BCUT2D eigenvalue weighted by molar-refractivity contribution is 6.30. The number of aromatic amines is 1. The number of benzene rings is 1. The van der Waals surface area contributed by atoms with Gasteiger partial charge in [-0.3, -0.25) is 10.00 Å². The third kappa shape index (κ3) is 4.95. The number of carbonyl (C=O) groups is 1. The van der Waals surface area contributed by atoms with Gasteiger partial charge in [-0.1, -0.05) is 23.7 Å². The molecule has 1 aromatic heterocycles. The highest BCUT2D eigenvalue weighted by Crippen LogP contribution is 2.19. The fraction of sp³-hybridized carbons (Fsp3) is 0.500. The fourth-order valence-corrected chi connectivity index (χ4v) is 2.94. The third-order valence-corrected chi connectivity index (χ3v) is 4.25. The van der Waals surface area contributed by atoms with Crippen LogP contribution in [0.4, 0.5) is 4.79 Å². The second-order valence-corrected chi connectivity index (χ2v) is 7.80. The van der Waals surface area contributed by atoms with Gasteiger partial charge in [0.25, 0.3) is 0 Å². The minimum atomic E-state index is -0.467. The van der Waals surface area contributed by atoms with Crippen molar-refractivity contribution in [3.63, 3.8) is 0 Å². The van der Waals surface area contributed by atoms with Crippen LogP contribution in [-0.2, 0) is 11.3 Å². The summed E-state index contributed by atoms with van der Waals surface area (Å²) in [4.78, 5) is 20.6. The number of aromatic nitrogens is 3.